The van der Waals surface area contributed by atoms with Gasteiger partial charge in [-0.15, -0.1) is 0 Å². The van der Waals surface area contributed by atoms with Crippen LogP contribution in [0.25, 0.3) is 11.0 Å². The minimum absolute atomic E-state index is 0.771. The summed E-state index contributed by atoms with van der Waals surface area (Å²) in [6.45, 7) is 0. The third kappa shape index (κ3) is 2.09. The van der Waals surface area contributed by atoms with Crippen molar-refractivity contribution >= 4 is 22.7 Å². The number of furan rings is 1. The lowest BCUT2D eigenvalue weighted by molar-refractivity contribution is 0.403. The fourth-order valence-electron chi connectivity index (χ4n) is 1.83. The second-order valence-corrected chi connectivity index (χ2v) is 4.94. The summed E-state index contributed by atoms with van der Waals surface area (Å²) in [6, 6.07) is 18.1. The smallest absolute Gasteiger partial charge is 0.177 e. The van der Waals surface area contributed by atoms with E-state index in [4.69, 9.17) is 9.15 Å². The van der Waals surface area contributed by atoms with Gasteiger partial charge in [0, 0.05) is 10.3 Å². The zero-order chi connectivity index (χ0) is 12.4. The standard InChI is InChI=1S/C15H12O2S/c1-16-13-9-5-6-11-10-14(17-15(11)13)18-12-7-3-2-4-8-12/h2-10H,1H3. The first kappa shape index (κ1) is 11.2. The fourth-order valence-corrected chi connectivity index (χ4v) is 2.66. The Morgan fingerprint density at radius 2 is 1.83 bits per heavy atom. The molecule has 3 aromatic rings. The zero-order valence-corrected chi connectivity index (χ0v) is 10.7. The summed E-state index contributed by atoms with van der Waals surface area (Å²) in [5, 5.41) is 1.94. The Morgan fingerprint density at radius 1 is 1.00 bits per heavy atom. The molecule has 0 N–H and O–H groups in total. The zero-order valence-electron chi connectivity index (χ0n) is 9.92. The molecular formula is C15H12O2S. The number of hydrogen-bond donors (Lipinski definition) is 0. The maximum absolute atomic E-state index is 5.83. The molecule has 0 aliphatic rings. The maximum atomic E-state index is 5.83. The lowest BCUT2D eigenvalue weighted by atomic mass is 10.2. The minimum atomic E-state index is 0.771. The molecule has 0 radical (unpaired) electrons. The second kappa shape index (κ2) is 4.78. The molecule has 2 aromatic carbocycles. The molecular weight excluding hydrogens is 244 g/mol. The van der Waals surface area contributed by atoms with Gasteiger partial charge in [0.2, 0.25) is 0 Å². The van der Waals surface area contributed by atoms with Gasteiger partial charge in [0.15, 0.2) is 16.4 Å². The third-order valence-corrected chi connectivity index (χ3v) is 3.58. The summed E-state index contributed by atoms with van der Waals surface area (Å²) in [5.41, 5.74) is 0.804. The summed E-state index contributed by atoms with van der Waals surface area (Å²) < 4.78 is 11.1. The van der Waals surface area contributed by atoms with Crippen molar-refractivity contribution in [2.75, 3.05) is 7.11 Å². The van der Waals surface area contributed by atoms with Crippen LogP contribution >= 0.6 is 11.8 Å². The molecule has 1 heterocycles. The van der Waals surface area contributed by atoms with E-state index in [1.807, 2.05) is 42.5 Å². The summed E-state index contributed by atoms with van der Waals surface area (Å²) in [5.74, 6) is 0.771. The van der Waals surface area contributed by atoms with Crippen molar-refractivity contribution in [1.82, 2.24) is 0 Å². The molecule has 0 amide bonds. The third-order valence-electron chi connectivity index (χ3n) is 2.67. The Kier molecular flexibility index (Phi) is 2.99. The molecule has 0 spiro atoms. The van der Waals surface area contributed by atoms with E-state index < -0.39 is 0 Å². The van der Waals surface area contributed by atoms with E-state index in [1.165, 1.54) is 0 Å². The van der Waals surface area contributed by atoms with E-state index in [0.717, 1.165) is 26.7 Å². The summed E-state index contributed by atoms with van der Waals surface area (Å²) >= 11 is 1.61. The van der Waals surface area contributed by atoms with Crippen LogP contribution in [0.15, 0.2) is 69.0 Å². The van der Waals surface area contributed by atoms with Gasteiger partial charge in [-0.1, -0.05) is 42.1 Å². The summed E-state index contributed by atoms with van der Waals surface area (Å²) in [4.78, 5) is 1.16. The summed E-state index contributed by atoms with van der Waals surface area (Å²) in [7, 11) is 1.65. The van der Waals surface area contributed by atoms with Crippen LogP contribution in [0.5, 0.6) is 5.75 Å². The van der Waals surface area contributed by atoms with Gasteiger partial charge in [-0.2, -0.15) is 0 Å². The second-order valence-electron chi connectivity index (χ2n) is 3.86. The van der Waals surface area contributed by atoms with Crippen molar-refractivity contribution in [1.29, 1.82) is 0 Å². The van der Waals surface area contributed by atoms with Crippen molar-refractivity contribution in [3.8, 4) is 5.75 Å². The van der Waals surface area contributed by atoms with Crippen LogP contribution in [-0.2, 0) is 0 Å². The van der Waals surface area contributed by atoms with E-state index in [1.54, 1.807) is 18.9 Å². The van der Waals surface area contributed by atoms with Gasteiger partial charge in [-0.25, -0.2) is 0 Å². The molecule has 0 saturated carbocycles. The van der Waals surface area contributed by atoms with Gasteiger partial charge < -0.3 is 9.15 Å². The van der Waals surface area contributed by atoms with Gasteiger partial charge in [-0.05, 0) is 24.3 Å². The Bertz CT molecular complexity index is 659. The number of para-hydroxylation sites is 1. The van der Waals surface area contributed by atoms with Crippen LogP contribution in [-0.4, -0.2) is 7.11 Å². The quantitative estimate of drug-likeness (QED) is 0.684. The highest BCUT2D eigenvalue weighted by atomic mass is 32.2. The number of fused-ring (bicyclic) bond motifs is 1. The lowest BCUT2D eigenvalue weighted by Gasteiger charge is -1.99. The van der Waals surface area contributed by atoms with Gasteiger partial charge in [0.05, 0.1) is 7.11 Å². The van der Waals surface area contributed by atoms with E-state index in [2.05, 4.69) is 12.1 Å². The number of methoxy groups -OCH3 is 1. The Hall–Kier alpha value is -1.87. The van der Waals surface area contributed by atoms with Gasteiger partial charge in [0.25, 0.3) is 0 Å². The van der Waals surface area contributed by atoms with Crippen LogP contribution in [0.4, 0.5) is 0 Å². The topological polar surface area (TPSA) is 22.4 Å². The van der Waals surface area contributed by atoms with Crippen LogP contribution < -0.4 is 4.74 Å². The molecule has 3 rings (SSSR count). The molecule has 0 saturated heterocycles. The normalized spacial score (nSPS) is 10.7. The molecule has 90 valence electrons. The maximum Gasteiger partial charge on any atom is 0.177 e. The molecule has 0 aliphatic heterocycles. The van der Waals surface area contributed by atoms with Crippen molar-refractivity contribution in [2.24, 2.45) is 0 Å². The molecule has 0 atom stereocenters. The van der Waals surface area contributed by atoms with Gasteiger partial charge in [-0.3, -0.25) is 0 Å². The number of ether oxygens (including phenoxy) is 1. The van der Waals surface area contributed by atoms with Crippen LogP contribution in [0, 0.1) is 0 Å². The Morgan fingerprint density at radius 3 is 2.61 bits per heavy atom. The largest absolute Gasteiger partial charge is 0.493 e. The molecule has 18 heavy (non-hydrogen) atoms. The highest BCUT2D eigenvalue weighted by Gasteiger charge is 2.09. The monoisotopic (exact) mass is 256 g/mol. The number of hydrogen-bond acceptors (Lipinski definition) is 3. The minimum Gasteiger partial charge on any atom is -0.493 e. The Labute approximate surface area is 110 Å². The van der Waals surface area contributed by atoms with Crippen LogP contribution in [0.3, 0.4) is 0 Å². The first-order valence-corrected chi connectivity index (χ1v) is 6.48. The first-order chi connectivity index (χ1) is 8.86. The predicted octanol–water partition coefficient (Wildman–Crippen LogP) is 4.59. The molecule has 0 aliphatic carbocycles. The Balaban J connectivity index is 1.99. The van der Waals surface area contributed by atoms with Crippen LogP contribution in [0.1, 0.15) is 0 Å². The van der Waals surface area contributed by atoms with E-state index >= 15 is 0 Å². The van der Waals surface area contributed by atoms with Crippen molar-refractivity contribution in [2.45, 2.75) is 9.99 Å². The predicted molar refractivity (Wildman–Crippen MR) is 73.3 cm³/mol. The SMILES string of the molecule is COc1cccc2cc(Sc3ccccc3)oc12. The van der Waals surface area contributed by atoms with Crippen molar-refractivity contribution in [3.05, 3.63) is 54.6 Å². The number of benzene rings is 2. The van der Waals surface area contributed by atoms with E-state index in [-0.39, 0.29) is 0 Å². The molecule has 1 aromatic heterocycles. The molecule has 3 heteroatoms. The van der Waals surface area contributed by atoms with Crippen molar-refractivity contribution in [3.63, 3.8) is 0 Å². The first-order valence-electron chi connectivity index (χ1n) is 5.66. The fraction of sp³-hybridized carbons (Fsp3) is 0.0667. The number of rotatable bonds is 3. The molecule has 0 bridgehead atoms. The highest BCUT2D eigenvalue weighted by Crippen LogP contribution is 2.35. The van der Waals surface area contributed by atoms with Crippen molar-refractivity contribution < 1.29 is 9.15 Å². The van der Waals surface area contributed by atoms with Gasteiger partial charge in [0.1, 0.15) is 0 Å². The average molecular weight is 256 g/mol. The van der Waals surface area contributed by atoms with Crippen LogP contribution in [0.2, 0.25) is 0 Å². The lowest BCUT2D eigenvalue weighted by Crippen LogP contribution is -1.81. The van der Waals surface area contributed by atoms with E-state index in [0.29, 0.717) is 0 Å². The highest BCUT2D eigenvalue weighted by molar-refractivity contribution is 7.99. The van der Waals surface area contributed by atoms with Gasteiger partial charge >= 0.3 is 0 Å². The molecule has 2 nitrogen and oxygen atoms in total. The van der Waals surface area contributed by atoms with E-state index in [9.17, 15) is 0 Å². The summed E-state index contributed by atoms with van der Waals surface area (Å²) in [6.07, 6.45) is 0. The molecule has 0 unspecified atom stereocenters. The molecule has 0 fully saturated rings. The average Bonchev–Trinajstić information content (AvgIpc) is 2.82.